The van der Waals surface area contributed by atoms with E-state index in [-0.39, 0.29) is 0 Å². The molecule has 0 saturated carbocycles. The highest BCUT2D eigenvalue weighted by atomic mass is 35.5. The summed E-state index contributed by atoms with van der Waals surface area (Å²) in [4.78, 5) is 0. The predicted octanol–water partition coefficient (Wildman–Crippen LogP) is 2.14. The molecule has 0 aliphatic carbocycles. The largest absolute Gasteiger partial charge is 0.490 e. The first-order valence-corrected chi connectivity index (χ1v) is 3.91. The van der Waals surface area contributed by atoms with E-state index in [1.54, 1.807) is 0 Å². The van der Waals surface area contributed by atoms with Gasteiger partial charge in [0.15, 0.2) is 0 Å². The maximum Gasteiger partial charge on any atom is 0.144 e. The number of anilines is 1. The molecule has 3 heteroatoms. The quantitative estimate of drug-likeness (QED) is 0.643. The number of nitrogens with one attached hydrogen (secondary N) is 1. The number of rotatable bonds is 0. The Hall–Kier alpha value is -0.890. The zero-order valence-electron chi connectivity index (χ0n) is 5.93. The molecule has 0 unspecified atom stereocenters. The first-order valence-electron chi connectivity index (χ1n) is 3.53. The van der Waals surface area contributed by atoms with Crippen LogP contribution in [0.3, 0.4) is 0 Å². The third-order valence-corrected chi connectivity index (χ3v) is 1.95. The Bertz CT molecular complexity index is 275. The van der Waals surface area contributed by atoms with Gasteiger partial charge in [-0.1, -0.05) is 17.7 Å². The predicted molar refractivity (Wildman–Crippen MR) is 45.4 cm³/mol. The lowest BCUT2D eigenvalue weighted by atomic mass is 10.2. The monoisotopic (exact) mass is 169 g/mol. The molecule has 0 saturated heterocycles. The van der Waals surface area contributed by atoms with E-state index in [0.717, 1.165) is 23.0 Å². The van der Waals surface area contributed by atoms with Crippen molar-refractivity contribution in [3.63, 3.8) is 0 Å². The number of halogens is 1. The maximum atomic E-state index is 5.90. The number of fused-ring (bicyclic) bond motifs is 1. The lowest BCUT2D eigenvalue weighted by Gasteiger charge is -2.19. The molecular formula is C8H8ClNO. The van der Waals surface area contributed by atoms with Gasteiger partial charge in [0.1, 0.15) is 12.4 Å². The zero-order valence-corrected chi connectivity index (χ0v) is 6.69. The second-order valence-electron chi connectivity index (χ2n) is 2.39. The summed E-state index contributed by atoms with van der Waals surface area (Å²) in [6.07, 6.45) is 0. The Morgan fingerprint density at radius 1 is 1.45 bits per heavy atom. The molecular weight excluding hydrogens is 162 g/mol. The van der Waals surface area contributed by atoms with Crippen LogP contribution in [0, 0.1) is 0 Å². The molecule has 2 nitrogen and oxygen atoms in total. The molecule has 1 aromatic rings. The molecule has 0 aromatic heterocycles. The first-order chi connectivity index (χ1) is 5.38. The molecule has 1 aliphatic heterocycles. The zero-order chi connectivity index (χ0) is 7.68. The van der Waals surface area contributed by atoms with Crippen LogP contribution < -0.4 is 10.1 Å². The van der Waals surface area contributed by atoms with Crippen molar-refractivity contribution in [2.24, 2.45) is 0 Å². The molecule has 0 amide bonds. The molecule has 58 valence electrons. The van der Waals surface area contributed by atoms with E-state index in [1.165, 1.54) is 0 Å². The minimum atomic E-state index is 0.716. The van der Waals surface area contributed by atoms with E-state index < -0.39 is 0 Å². The van der Waals surface area contributed by atoms with Gasteiger partial charge in [-0.2, -0.15) is 0 Å². The van der Waals surface area contributed by atoms with Crippen molar-refractivity contribution in [2.75, 3.05) is 18.5 Å². The van der Waals surface area contributed by atoms with E-state index in [2.05, 4.69) is 5.32 Å². The van der Waals surface area contributed by atoms with Gasteiger partial charge in [0.2, 0.25) is 0 Å². The van der Waals surface area contributed by atoms with Gasteiger partial charge >= 0.3 is 0 Å². The summed E-state index contributed by atoms with van der Waals surface area (Å²) >= 11 is 5.90. The Morgan fingerprint density at radius 2 is 2.36 bits per heavy atom. The second kappa shape index (κ2) is 2.62. The summed E-state index contributed by atoms with van der Waals surface area (Å²) in [5.74, 6) is 0.851. The second-order valence-corrected chi connectivity index (χ2v) is 2.80. The van der Waals surface area contributed by atoms with E-state index in [1.807, 2.05) is 18.2 Å². The summed E-state index contributed by atoms with van der Waals surface area (Å²) in [6, 6.07) is 5.64. The lowest BCUT2D eigenvalue weighted by molar-refractivity contribution is 0.323. The molecule has 1 N–H and O–H groups in total. The van der Waals surface area contributed by atoms with Gasteiger partial charge in [-0.05, 0) is 12.1 Å². The van der Waals surface area contributed by atoms with Gasteiger partial charge in [0, 0.05) is 6.54 Å². The standard InChI is InChI=1S/C8H8ClNO/c9-6-2-1-3-7-8(6)10-4-5-11-7/h1-3,10H,4-5H2. The van der Waals surface area contributed by atoms with Crippen molar-refractivity contribution < 1.29 is 4.74 Å². The summed E-state index contributed by atoms with van der Waals surface area (Å²) in [6.45, 7) is 1.55. The third-order valence-electron chi connectivity index (χ3n) is 1.64. The average Bonchev–Trinajstić information content (AvgIpc) is 2.06. The summed E-state index contributed by atoms with van der Waals surface area (Å²) in [7, 11) is 0. The SMILES string of the molecule is Clc1cccc2c1NCCO2. The number of para-hydroxylation sites is 1. The van der Waals surface area contributed by atoms with Gasteiger partial charge in [-0.3, -0.25) is 0 Å². The molecule has 0 radical (unpaired) electrons. The van der Waals surface area contributed by atoms with Gasteiger partial charge in [0.25, 0.3) is 0 Å². The normalized spacial score (nSPS) is 14.6. The highest BCUT2D eigenvalue weighted by Crippen LogP contribution is 2.33. The van der Waals surface area contributed by atoms with E-state index >= 15 is 0 Å². The minimum absolute atomic E-state index is 0.716. The first kappa shape index (κ1) is 6.80. The van der Waals surface area contributed by atoms with Crippen LogP contribution in [-0.4, -0.2) is 13.2 Å². The fourth-order valence-electron chi connectivity index (χ4n) is 1.13. The van der Waals surface area contributed by atoms with E-state index in [4.69, 9.17) is 16.3 Å². The molecule has 0 atom stereocenters. The number of hydrogen-bond acceptors (Lipinski definition) is 2. The highest BCUT2D eigenvalue weighted by Gasteiger charge is 2.10. The van der Waals surface area contributed by atoms with Crippen LogP contribution >= 0.6 is 11.6 Å². The van der Waals surface area contributed by atoms with Gasteiger partial charge < -0.3 is 10.1 Å². The van der Waals surface area contributed by atoms with Crippen LogP contribution in [-0.2, 0) is 0 Å². The van der Waals surface area contributed by atoms with E-state index in [0.29, 0.717) is 6.61 Å². The average molecular weight is 170 g/mol. The van der Waals surface area contributed by atoms with Crippen molar-refractivity contribution in [1.29, 1.82) is 0 Å². The van der Waals surface area contributed by atoms with Crippen molar-refractivity contribution in [1.82, 2.24) is 0 Å². The van der Waals surface area contributed by atoms with Crippen LogP contribution in [0.1, 0.15) is 0 Å². The smallest absolute Gasteiger partial charge is 0.144 e. The topological polar surface area (TPSA) is 21.3 Å². The molecule has 0 spiro atoms. The Kier molecular flexibility index (Phi) is 1.62. The third kappa shape index (κ3) is 1.14. The van der Waals surface area contributed by atoms with Gasteiger partial charge in [-0.15, -0.1) is 0 Å². The minimum Gasteiger partial charge on any atom is -0.490 e. The molecule has 2 rings (SSSR count). The highest BCUT2D eigenvalue weighted by molar-refractivity contribution is 6.33. The van der Waals surface area contributed by atoms with Gasteiger partial charge in [-0.25, -0.2) is 0 Å². The molecule has 1 aromatic carbocycles. The summed E-state index contributed by atoms with van der Waals surface area (Å²) in [5, 5.41) is 3.90. The maximum absolute atomic E-state index is 5.90. The Balaban J connectivity index is 2.49. The number of hydrogen-bond donors (Lipinski definition) is 1. The van der Waals surface area contributed by atoms with Crippen LogP contribution in [0.4, 0.5) is 5.69 Å². The molecule has 1 aliphatic rings. The van der Waals surface area contributed by atoms with E-state index in [9.17, 15) is 0 Å². The van der Waals surface area contributed by atoms with Crippen LogP contribution in [0.2, 0.25) is 5.02 Å². The fraction of sp³-hybridized carbons (Fsp3) is 0.250. The van der Waals surface area contributed by atoms with Crippen molar-refractivity contribution >= 4 is 17.3 Å². The molecule has 0 fully saturated rings. The summed E-state index contributed by atoms with van der Waals surface area (Å²) in [5.41, 5.74) is 0.917. The Labute approximate surface area is 70.1 Å². The lowest BCUT2D eigenvalue weighted by Crippen LogP contribution is -2.18. The number of ether oxygens (including phenoxy) is 1. The number of benzene rings is 1. The van der Waals surface area contributed by atoms with Crippen molar-refractivity contribution in [2.45, 2.75) is 0 Å². The van der Waals surface area contributed by atoms with Crippen LogP contribution in [0.15, 0.2) is 18.2 Å². The van der Waals surface area contributed by atoms with Crippen LogP contribution in [0.25, 0.3) is 0 Å². The molecule has 11 heavy (non-hydrogen) atoms. The molecule has 1 heterocycles. The summed E-state index contributed by atoms with van der Waals surface area (Å²) < 4.78 is 5.36. The fourth-order valence-corrected chi connectivity index (χ4v) is 1.37. The Morgan fingerprint density at radius 3 is 3.18 bits per heavy atom. The van der Waals surface area contributed by atoms with Gasteiger partial charge in [0.05, 0.1) is 10.7 Å². The van der Waals surface area contributed by atoms with Crippen molar-refractivity contribution in [3.8, 4) is 5.75 Å². The van der Waals surface area contributed by atoms with Crippen LogP contribution in [0.5, 0.6) is 5.75 Å². The van der Waals surface area contributed by atoms with Crippen molar-refractivity contribution in [3.05, 3.63) is 23.2 Å². The molecule has 0 bridgehead atoms.